The average molecular weight is 350 g/mol. The van der Waals surface area contributed by atoms with Crippen molar-refractivity contribution in [2.45, 2.75) is 44.6 Å². The lowest BCUT2D eigenvalue weighted by molar-refractivity contribution is -0.134. The van der Waals surface area contributed by atoms with Gasteiger partial charge in [-0.2, -0.15) is 0 Å². The van der Waals surface area contributed by atoms with Crippen molar-refractivity contribution in [1.82, 2.24) is 14.5 Å². The molecule has 4 heterocycles. The molecule has 2 aliphatic heterocycles. The van der Waals surface area contributed by atoms with Gasteiger partial charge in [0.05, 0.1) is 16.9 Å². The van der Waals surface area contributed by atoms with E-state index in [0.29, 0.717) is 5.91 Å². The van der Waals surface area contributed by atoms with Crippen molar-refractivity contribution >= 4 is 11.6 Å². The van der Waals surface area contributed by atoms with E-state index in [2.05, 4.69) is 50.7 Å². The number of fused-ring (bicyclic) bond motifs is 4. The summed E-state index contributed by atoms with van der Waals surface area (Å²) in [5, 5.41) is 0. The molecule has 26 heavy (non-hydrogen) atoms. The molecule has 136 valence electrons. The number of amides is 1. The van der Waals surface area contributed by atoms with Crippen LogP contribution in [0.2, 0.25) is 0 Å². The largest absolute Gasteiger partial charge is 0.356 e. The lowest BCUT2D eigenvalue weighted by Gasteiger charge is -2.46. The Morgan fingerprint density at radius 3 is 2.92 bits per heavy atom. The molecule has 2 fully saturated rings. The summed E-state index contributed by atoms with van der Waals surface area (Å²) in [6.45, 7) is 4.76. The number of anilines is 1. The van der Waals surface area contributed by atoms with Crippen LogP contribution in [0.1, 0.15) is 44.7 Å². The van der Waals surface area contributed by atoms with Crippen LogP contribution in [0, 0.1) is 5.92 Å². The number of carbonyl (C=O) groups is 1. The van der Waals surface area contributed by atoms with E-state index < -0.39 is 0 Å². The summed E-state index contributed by atoms with van der Waals surface area (Å²) < 4.78 is 2.23. The maximum atomic E-state index is 13.1. The van der Waals surface area contributed by atoms with Gasteiger partial charge in [-0.05, 0) is 50.5 Å². The molecule has 5 heteroatoms. The van der Waals surface area contributed by atoms with Crippen molar-refractivity contribution in [3.63, 3.8) is 0 Å². The van der Waals surface area contributed by atoms with E-state index in [0.717, 1.165) is 44.7 Å². The minimum atomic E-state index is -0.136. The molecule has 0 bridgehead atoms. The molecular formula is C21H26N4O. The molecule has 1 aliphatic carbocycles. The van der Waals surface area contributed by atoms with Crippen LogP contribution in [0.4, 0.5) is 5.69 Å². The number of hydrogen-bond acceptors (Lipinski definition) is 3. The first-order valence-electron chi connectivity index (χ1n) is 9.94. The van der Waals surface area contributed by atoms with Gasteiger partial charge in [-0.15, -0.1) is 0 Å². The zero-order chi connectivity index (χ0) is 17.7. The van der Waals surface area contributed by atoms with Crippen LogP contribution in [0.15, 0.2) is 36.7 Å². The van der Waals surface area contributed by atoms with E-state index in [4.69, 9.17) is 0 Å². The fourth-order valence-electron chi connectivity index (χ4n) is 5.41. The standard InChI is InChI=1S/C21H26N4O/c1-2-25-17-9-5-12-22-19(17)24-13-6-10-18(24)21(25)11-14-23(15-21)20(26)16-7-3-4-8-16/h5-6,9-10,12-13,16H,2-4,7-8,11,14-15H2,1H3/t21-/m1/s1. The normalized spacial score (nSPS) is 25.0. The van der Waals surface area contributed by atoms with E-state index in [9.17, 15) is 4.79 Å². The van der Waals surface area contributed by atoms with E-state index in [1.165, 1.54) is 24.2 Å². The fourth-order valence-corrected chi connectivity index (χ4v) is 5.41. The van der Waals surface area contributed by atoms with Crippen LogP contribution in [-0.4, -0.2) is 40.0 Å². The third-order valence-electron chi connectivity index (χ3n) is 6.61. The Hall–Kier alpha value is -2.30. The second kappa shape index (κ2) is 5.86. The second-order valence-electron chi connectivity index (χ2n) is 7.88. The van der Waals surface area contributed by atoms with Crippen molar-refractivity contribution in [1.29, 1.82) is 0 Å². The summed E-state index contributed by atoms with van der Waals surface area (Å²) in [4.78, 5) is 22.3. The number of hydrogen-bond donors (Lipinski definition) is 0. The molecule has 0 N–H and O–H groups in total. The molecule has 1 amide bonds. The Balaban J connectivity index is 1.55. The van der Waals surface area contributed by atoms with Crippen LogP contribution in [0.3, 0.4) is 0 Å². The van der Waals surface area contributed by atoms with Crippen LogP contribution >= 0.6 is 0 Å². The number of carbonyl (C=O) groups excluding carboxylic acids is 1. The molecule has 0 aromatic carbocycles. The molecule has 2 aromatic rings. The first-order valence-corrected chi connectivity index (χ1v) is 9.94. The van der Waals surface area contributed by atoms with Gasteiger partial charge in [0, 0.05) is 37.9 Å². The highest BCUT2D eigenvalue weighted by Gasteiger charge is 2.50. The van der Waals surface area contributed by atoms with Crippen molar-refractivity contribution in [2.24, 2.45) is 5.92 Å². The van der Waals surface area contributed by atoms with E-state index in [1.807, 2.05) is 12.3 Å². The Morgan fingerprint density at radius 2 is 2.12 bits per heavy atom. The SMILES string of the molecule is CCN1c2cccnc2-n2cccc2[C@]12CCN(C(=O)C1CCCC1)C2. The van der Waals surface area contributed by atoms with Crippen LogP contribution in [0.5, 0.6) is 0 Å². The first kappa shape index (κ1) is 15.9. The van der Waals surface area contributed by atoms with Gasteiger partial charge < -0.3 is 14.4 Å². The smallest absolute Gasteiger partial charge is 0.225 e. The van der Waals surface area contributed by atoms with E-state index >= 15 is 0 Å². The highest BCUT2D eigenvalue weighted by Crippen LogP contribution is 2.47. The van der Waals surface area contributed by atoms with Gasteiger partial charge in [0.15, 0.2) is 5.82 Å². The molecule has 3 aliphatic rings. The quantitative estimate of drug-likeness (QED) is 0.834. The van der Waals surface area contributed by atoms with Gasteiger partial charge in [0.25, 0.3) is 0 Å². The molecule has 5 nitrogen and oxygen atoms in total. The highest BCUT2D eigenvalue weighted by atomic mass is 16.2. The topological polar surface area (TPSA) is 41.4 Å². The average Bonchev–Trinajstić information content (AvgIpc) is 3.42. The maximum Gasteiger partial charge on any atom is 0.225 e. The Kier molecular flexibility index (Phi) is 3.59. The predicted octanol–water partition coefficient (Wildman–Crippen LogP) is 3.33. The molecule has 1 saturated heterocycles. The van der Waals surface area contributed by atoms with Gasteiger partial charge in [-0.3, -0.25) is 4.79 Å². The van der Waals surface area contributed by atoms with Gasteiger partial charge in [0.2, 0.25) is 5.91 Å². The van der Waals surface area contributed by atoms with Gasteiger partial charge in [-0.25, -0.2) is 4.98 Å². The Morgan fingerprint density at radius 1 is 1.27 bits per heavy atom. The van der Waals surface area contributed by atoms with Crippen molar-refractivity contribution in [3.8, 4) is 5.82 Å². The highest BCUT2D eigenvalue weighted by molar-refractivity contribution is 5.80. The zero-order valence-corrected chi connectivity index (χ0v) is 15.4. The third-order valence-corrected chi connectivity index (χ3v) is 6.61. The second-order valence-corrected chi connectivity index (χ2v) is 7.88. The van der Waals surface area contributed by atoms with Gasteiger partial charge >= 0.3 is 0 Å². The molecule has 5 rings (SSSR count). The minimum Gasteiger partial charge on any atom is -0.356 e. The number of nitrogens with zero attached hydrogens (tertiary/aromatic N) is 4. The summed E-state index contributed by atoms with van der Waals surface area (Å²) in [6, 6.07) is 8.50. The molecule has 2 aromatic heterocycles. The minimum absolute atomic E-state index is 0.136. The van der Waals surface area contributed by atoms with E-state index in [1.54, 1.807) is 0 Å². The zero-order valence-electron chi connectivity index (χ0n) is 15.4. The molecule has 0 unspecified atom stereocenters. The fraction of sp³-hybridized carbons (Fsp3) is 0.524. The summed E-state index contributed by atoms with van der Waals surface area (Å²) in [6.07, 6.45) is 9.51. The van der Waals surface area contributed by atoms with E-state index in [-0.39, 0.29) is 11.5 Å². The number of aromatic nitrogens is 2. The number of likely N-dealkylation sites (N-methyl/N-ethyl adjacent to an activating group) is 1. The molecular weight excluding hydrogens is 324 g/mol. The third kappa shape index (κ3) is 2.09. The van der Waals surface area contributed by atoms with Crippen molar-refractivity contribution in [2.75, 3.05) is 24.5 Å². The van der Waals surface area contributed by atoms with Crippen molar-refractivity contribution < 1.29 is 4.79 Å². The van der Waals surface area contributed by atoms with Crippen LogP contribution < -0.4 is 4.90 Å². The van der Waals surface area contributed by atoms with Crippen LogP contribution in [0.25, 0.3) is 5.82 Å². The predicted molar refractivity (Wildman–Crippen MR) is 101 cm³/mol. The first-order chi connectivity index (χ1) is 12.7. The van der Waals surface area contributed by atoms with Crippen molar-refractivity contribution in [3.05, 3.63) is 42.4 Å². The lowest BCUT2D eigenvalue weighted by Crippen LogP contribution is -2.53. The summed E-state index contributed by atoms with van der Waals surface area (Å²) in [5.41, 5.74) is 2.31. The van der Waals surface area contributed by atoms with Gasteiger partial charge in [-0.1, -0.05) is 12.8 Å². The number of likely N-dealkylation sites (tertiary alicyclic amines) is 1. The molecule has 1 atom stereocenters. The van der Waals surface area contributed by atoms with Gasteiger partial charge in [0.1, 0.15) is 0 Å². The summed E-state index contributed by atoms with van der Waals surface area (Å²) in [5.74, 6) is 1.63. The Bertz CT molecular complexity index is 838. The molecule has 1 spiro atoms. The number of pyridine rings is 1. The molecule has 1 saturated carbocycles. The van der Waals surface area contributed by atoms with Crippen LogP contribution in [-0.2, 0) is 10.3 Å². The molecule has 0 radical (unpaired) electrons. The lowest BCUT2D eigenvalue weighted by atomic mass is 9.89. The summed E-state index contributed by atoms with van der Waals surface area (Å²) >= 11 is 0. The summed E-state index contributed by atoms with van der Waals surface area (Å²) in [7, 11) is 0. The Labute approximate surface area is 154 Å². The maximum absolute atomic E-state index is 13.1. The monoisotopic (exact) mass is 350 g/mol. The number of rotatable bonds is 2.